The van der Waals surface area contributed by atoms with Crippen molar-refractivity contribution in [3.05, 3.63) is 150 Å². The molecule has 0 N–H and O–H groups in total. The van der Waals surface area contributed by atoms with Crippen LogP contribution in [0.2, 0.25) is 0 Å². The van der Waals surface area contributed by atoms with Gasteiger partial charge in [0, 0.05) is 28.6 Å². The van der Waals surface area contributed by atoms with E-state index in [4.69, 9.17) is 0 Å². The smallest absolute Gasteiger partial charge is 0.0721 e. The van der Waals surface area contributed by atoms with Crippen molar-refractivity contribution in [1.82, 2.24) is 9.55 Å². The van der Waals surface area contributed by atoms with Crippen LogP contribution in [0.3, 0.4) is 0 Å². The summed E-state index contributed by atoms with van der Waals surface area (Å²) >= 11 is 0. The summed E-state index contributed by atoms with van der Waals surface area (Å²) in [7, 11) is 0. The van der Waals surface area contributed by atoms with E-state index in [1.54, 1.807) is 0 Å². The average molecular weight is 525 g/mol. The minimum absolute atomic E-state index is 0.378. The maximum absolute atomic E-state index is 4.47. The fraction of sp³-hybridized carbons (Fsp3) is 0.103. The summed E-state index contributed by atoms with van der Waals surface area (Å²) in [5.74, 6) is 0.378. The third kappa shape index (κ3) is 3.34. The lowest BCUT2D eigenvalue weighted by atomic mass is 9.78. The zero-order valence-corrected chi connectivity index (χ0v) is 22.7. The maximum atomic E-state index is 4.47. The predicted octanol–water partition coefficient (Wildman–Crippen LogP) is 10.00. The summed E-state index contributed by atoms with van der Waals surface area (Å²) < 4.78 is 2.40. The first-order chi connectivity index (χ1) is 20.3. The highest BCUT2D eigenvalue weighted by Gasteiger charge is 2.31. The fourth-order valence-corrected chi connectivity index (χ4v) is 7.41. The Morgan fingerprint density at radius 3 is 2.46 bits per heavy atom. The van der Waals surface area contributed by atoms with Crippen LogP contribution in [0.15, 0.2) is 128 Å². The van der Waals surface area contributed by atoms with Crippen molar-refractivity contribution in [2.45, 2.75) is 25.2 Å². The number of hydrogen-bond acceptors (Lipinski definition) is 1. The number of pyridine rings is 1. The van der Waals surface area contributed by atoms with Crippen molar-refractivity contribution in [2.75, 3.05) is 0 Å². The van der Waals surface area contributed by atoms with E-state index in [-0.39, 0.29) is 0 Å². The Labute approximate surface area is 239 Å². The highest BCUT2D eigenvalue weighted by molar-refractivity contribution is 6.11. The molecule has 0 spiro atoms. The van der Waals surface area contributed by atoms with Gasteiger partial charge in [0.25, 0.3) is 0 Å². The molecule has 0 amide bonds. The van der Waals surface area contributed by atoms with Gasteiger partial charge in [-0.25, -0.2) is 0 Å². The minimum Gasteiger partial charge on any atom is -0.311 e. The standard InChI is InChI=1S/C39H28N2/c1-2-7-28(8-3-1)41-37-20-17-27(23-36(37)32-21-22-40-24-38(32)41)25-13-15-26(16-14-25)29-18-19-35-31-10-5-4-9-30(31)34-12-6-11-33(29)39(34)35/h1-2,4-7,9-17,19-24,29H,3,8,18H2. The Balaban J connectivity index is 1.10. The highest BCUT2D eigenvalue weighted by atomic mass is 15.0. The molecule has 2 heterocycles. The number of hydrogen-bond donors (Lipinski definition) is 0. The van der Waals surface area contributed by atoms with Gasteiger partial charge >= 0.3 is 0 Å². The van der Waals surface area contributed by atoms with Crippen LogP contribution in [-0.2, 0) is 0 Å². The Morgan fingerprint density at radius 1 is 0.732 bits per heavy atom. The maximum Gasteiger partial charge on any atom is 0.0721 e. The number of rotatable bonds is 3. The molecular weight excluding hydrogens is 496 g/mol. The second-order valence-corrected chi connectivity index (χ2v) is 11.4. The van der Waals surface area contributed by atoms with Crippen LogP contribution in [0.25, 0.3) is 55.3 Å². The van der Waals surface area contributed by atoms with Gasteiger partial charge in [-0.2, -0.15) is 0 Å². The van der Waals surface area contributed by atoms with Gasteiger partial charge in [-0.15, -0.1) is 0 Å². The molecule has 194 valence electrons. The molecule has 2 heteroatoms. The number of nitrogens with zero attached hydrogens (tertiary/aromatic N) is 2. The predicted molar refractivity (Wildman–Crippen MR) is 171 cm³/mol. The van der Waals surface area contributed by atoms with Gasteiger partial charge in [-0.3, -0.25) is 4.98 Å². The Kier molecular flexibility index (Phi) is 4.89. The van der Waals surface area contributed by atoms with E-state index in [0.717, 1.165) is 19.3 Å². The van der Waals surface area contributed by atoms with Crippen molar-refractivity contribution < 1.29 is 0 Å². The molecule has 0 saturated carbocycles. The normalized spacial score (nSPS) is 16.9. The van der Waals surface area contributed by atoms with Gasteiger partial charge < -0.3 is 4.57 Å². The third-order valence-corrected chi connectivity index (χ3v) is 9.30. The molecule has 6 aromatic rings. The quantitative estimate of drug-likeness (QED) is 0.225. The van der Waals surface area contributed by atoms with Crippen LogP contribution in [0.5, 0.6) is 0 Å². The average Bonchev–Trinajstić information content (AvgIpc) is 3.56. The molecule has 0 radical (unpaired) electrons. The molecule has 2 aromatic heterocycles. The number of benzene rings is 4. The van der Waals surface area contributed by atoms with Crippen molar-refractivity contribution in [3.8, 4) is 22.3 Å². The SMILES string of the molecule is C1=CCCC(n2c3ccc(-c4ccc(C5CC=C6c7ccccc7-c7cccc5c76)cc4)cc3c3ccncc32)=C1. The van der Waals surface area contributed by atoms with E-state index < -0.39 is 0 Å². The zero-order valence-electron chi connectivity index (χ0n) is 22.7. The van der Waals surface area contributed by atoms with Gasteiger partial charge in [-0.05, 0) is 93.6 Å². The summed E-state index contributed by atoms with van der Waals surface area (Å²) in [6.07, 6.45) is 16.2. The van der Waals surface area contributed by atoms with E-state index in [2.05, 4.69) is 125 Å². The molecule has 1 atom stereocenters. The first-order valence-electron chi connectivity index (χ1n) is 14.6. The van der Waals surface area contributed by atoms with Gasteiger partial charge in [0.15, 0.2) is 0 Å². The van der Waals surface area contributed by atoms with E-state index in [0.29, 0.717) is 5.92 Å². The topological polar surface area (TPSA) is 17.8 Å². The first kappa shape index (κ1) is 22.8. The second kappa shape index (κ2) is 8.78. The third-order valence-electron chi connectivity index (χ3n) is 9.30. The van der Waals surface area contributed by atoms with Gasteiger partial charge in [0.1, 0.15) is 0 Å². The first-order valence-corrected chi connectivity index (χ1v) is 14.6. The van der Waals surface area contributed by atoms with Crippen LogP contribution >= 0.6 is 0 Å². The molecule has 0 aliphatic heterocycles. The second-order valence-electron chi connectivity index (χ2n) is 11.4. The van der Waals surface area contributed by atoms with E-state index in [1.807, 2.05) is 12.4 Å². The summed E-state index contributed by atoms with van der Waals surface area (Å²) in [4.78, 5) is 4.47. The van der Waals surface area contributed by atoms with Gasteiger partial charge in [-0.1, -0.05) is 91.0 Å². The summed E-state index contributed by atoms with van der Waals surface area (Å²) in [5, 5.41) is 2.54. The van der Waals surface area contributed by atoms with Gasteiger partial charge in [0.2, 0.25) is 0 Å². The van der Waals surface area contributed by atoms with E-state index >= 15 is 0 Å². The number of allylic oxidation sites excluding steroid dienone is 5. The molecule has 3 aliphatic carbocycles. The minimum atomic E-state index is 0.378. The van der Waals surface area contributed by atoms with Crippen LogP contribution in [0.4, 0.5) is 0 Å². The molecule has 0 bridgehead atoms. The Hall–Kier alpha value is -4.95. The van der Waals surface area contributed by atoms with E-state index in [1.165, 1.54) is 77.6 Å². The molecule has 2 nitrogen and oxygen atoms in total. The molecule has 0 fully saturated rings. The Bertz CT molecular complexity index is 2120. The number of aromatic nitrogens is 2. The lowest BCUT2D eigenvalue weighted by Crippen LogP contribution is -2.07. The monoisotopic (exact) mass is 524 g/mol. The lowest BCUT2D eigenvalue weighted by molar-refractivity contribution is 0.817. The van der Waals surface area contributed by atoms with Crippen LogP contribution < -0.4 is 0 Å². The molecule has 1 unspecified atom stereocenters. The van der Waals surface area contributed by atoms with Gasteiger partial charge in [0.05, 0.1) is 17.2 Å². The van der Waals surface area contributed by atoms with Crippen molar-refractivity contribution in [1.29, 1.82) is 0 Å². The van der Waals surface area contributed by atoms with Crippen molar-refractivity contribution >= 4 is 33.1 Å². The molecule has 4 aromatic carbocycles. The zero-order chi connectivity index (χ0) is 26.9. The van der Waals surface area contributed by atoms with Crippen LogP contribution in [-0.4, -0.2) is 9.55 Å². The lowest BCUT2D eigenvalue weighted by Gasteiger charge is -2.25. The van der Waals surface area contributed by atoms with Crippen molar-refractivity contribution in [3.63, 3.8) is 0 Å². The van der Waals surface area contributed by atoms with Crippen LogP contribution in [0.1, 0.15) is 47.4 Å². The fourth-order valence-electron chi connectivity index (χ4n) is 7.41. The van der Waals surface area contributed by atoms with Crippen LogP contribution in [0, 0.1) is 0 Å². The van der Waals surface area contributed by atoms with Crippen molar-refractivity contribution in [2.24, 2.45) is 0 Å². The number of fused-ring (bicyclic) bond motifs is 6. The summed E-state index contributed by atoms with van der Waals surface area (Å²) in [5.41, 5.74) is 16.1. The Morgan fingerprint density at radius 2 is 1.59 bits per heavy atom. The summed E-state index contributed by atoms with van der Waals surface area (Å²) in [6, 6.07) is 34.1. The summed E-state index contributed by atoms with van der Waals surface area (Å²) in [6.45, 7) is 0. The largest absolute Gasteiger partial charge is 0.311 e. The highest BCUT2D eigenvalue weighted by Crippen LogP contribution is 2.51. The molecule has 0 saturated heterocycles. The van der Waals surface area contributed by atoms with E-state index in [9.17, 15) is 0 Å². The molecular formula is C39H28N2. The molecule has 3 aliphatic rings. The molecule has 41 heavy (non-hydrogen) atoms. The molecule has 9 rings (SSSR count).